The molecule has 2 fully saturated rings. The average molecular weight is 310 g/mol. The molecule has 6 heteroatoms. The maximum absolute atomic E-state index is 11.6. The summed E-state index contributed by atoms with van der Waals surface area (Å²) in [5, 5.41) is 0. The Morgan fingerprint density at radius 3 is 2.76 bits per heavy atom. The first kappa shape index (κ1) is 14.7. The molecule has 5 nitrogen and oxygen atoms in total. The highest BCUT2D eigenvalue weighted by atomic mass is 32.2. The van der Waals surface area contributed by atoms with Crippen LogP contribution in [0.3, 0.4) is 0 Å². The van der Waals surface area contributed by atoms with Crippen molar-refractivity contribution in [3.8, 4) is 0 Å². The monoisotopic (exact) mass is 310 g/mol. The number of hydrogen-bond donors (Lipinski definition) is 1. The van der Waals surface area contributed by atoms with Gasteiger partial charge >= 0.3 is 0 Å². The van der Waals surface area contributed by atoms with E-state index in [-0.39, 0.29) is 11.0 Å². The van der Waals surface area contributed by atoms with E-state index >= 15 is 0 Å². The van der Waals surface area contributed by atoms with Crippen LogP contribution in [0.1, 0.15) is 25.7 Å². The minimum Gasteiger partial charge on any atom is -0.397 e. The van der Waals surface area contributed by atoms with E-state index in [0.717, 1.165) is 25.1 Å². The van der Waals surface area contributed by atoms with Gasteiger partial charge in [0.05, 0.1) is 35.0 Å². The molecule has 0 bridgehead atoms. The summed E-state index contributed by atoms with van der Waals surface area (Å²) in [5.74, 6) is 0. The van der Waals surface area contributed by atoms with Crippen molar-refractivity contribution in [1.29, 1.82) is 0 Å². The van der Waals surface area contributed by atoms with Crippen molar-refractivity contribution in [2.24, 2.45) is 0 Å². The lowest BCUT2D eigenvalue weighted by Gasteiger charge is -2.45. The Balaban J connectivity index is 1.92. The second-order valence-electron chi connectivity index (χ2n) is 5.95. The molecule has 1 aliphatic heterocycles. The minimum absolute atomic E-state index is 0.275. The number of nitrogens with zero attached hydrogens (tertiary/aromatic N) is 1. The minimum atomic E-state index is -3.22. The fraction of sp³-hybridized carbons (Fsp3) is 0.600. The molecule has 1 saturated carbocycles. The molecule has 1 aromatic rings. The molecule has 2 aliphatic rings. The van der Waals surface area contributed by atoms with Gasteiger partial charge in [-0.3, -0.25) is 0 Å². The second kappa shape index (κ2) is 5.50. The maximum atomic E-state index is 11.6. The zero-order valence-electron chi connectivity index (χ0n) is 12.3. The first-order chi connectivity index (χ1) is 9.97. The number of hydrogen-bond acceptors (Lipinski definition) is 5. The van der Waals surface area contributed by atoms with Crippen LogP contribution in [0.15, 0.2) is 23.1 Å². The van der Waals surface area contributed by atoms with Gasteiger partial charge in [0.1, 0.15) is 0 Å². The molecule has 0 spiro atoms. The molecule has 116 valence electrons. The summed E-state index contributed by atoms with van der Waals surface area (Å²) in [4.78, 5) is 2.58. The third-order valence-corrected chi connectivity index (χ3v) is 5.58. The molecule has 1 aromatic carbocycles. The van der Waals surface area contributed by atoms with Crippen molar-refractivity contribution in [3.63, 3.8) is 0 Å². The predicted molar refractivity (Wildman–Crippen MR) is 83.3 cm³/mol. The summed E-state index contributed by atoms with van der Waals surface area (Å²) < 4.78 is 29.1. The molecular weight excluding hydrogens is 288 g/mol. The molecule has 2 unspecified atom stereocenters. The van der Waals surface area contributed by atoms with Gasteiger partial charge in [0.2, 0.25) is 0 Å². The highest BCUT2D eigenvalue weighted by Gasteiger charge is 2.35. The Morgan fingerprint density at radius 2 is 2.05 bits per heavy atom. The van der Waals surface area contributed by atoms with Gasteiger partial charge in [0.15, 0.2) is 9.84 Å². The standard InChI is InChI=1S/C15H22N2O3S/c1-21(18,19)11-6-7-13(12(16)10-11)17-8-9-20-15-5-3-2-4-14(15)17/h6-7,10,14-15H,2-5,8-9,16H2,1H3. The molecule has 0 amide bonds. The number of rotatable bonds is 2. The average Bonchev–Trinajstić information content (AvgIpc) is 2.46. The van der Waals surface area contributed by atoms with E-state index in [1.807, 2.05) is 6.07 Å². The number of anilines is 2. The lowest BCUT2D eigenvalue weighted by molar-refractivity contribution is -0.00862. The lowest BCUT2D eigenvalue weighted by atomic mass is 9.89. The maximum Gasteiger partial charge on any atom is 0.175 e. The van der Waals surface area contributed by atoms with Crippen LogP contribution in [0, 0.1) is 0 Å². The molecule has 0 aromatic heterocycles. The van der Waals surface area contributed by atoms with Gasteiger partial charge in [-0.15, -0.1) is 0 Å². The van der Waals surface area contributed by atoms with Crippen LogP contribution in [-0.2, 0) is 14.6 Å². The Labute approximate surface area is 126 Å². The Morgan fingerprint density at radius 1 is 1.29 bits per heavy atom. The van der Waals surface area contributed by atoms with Gasteiger partial charge < -0.3 is 15.4 Å². The smallest absolute Gasteiger partial charge is 0.175 e. The quantitative estimate of drug-likeness (QED) is 0.844. The number of morpholine rings is 1. The zero-order chi connectivity index (χ0) is 15.0. The van der Waals surface area contributed by atoms with Gasteiger partial charge in [-0.05, 0) is 31.0 Å². The van der Waals surface area contributed by atoms with E-state index in [2.05, 4.69) is 4.90 Å². The number of nitrogens with two attached hydrogens (primary N) is 1. The molecular formula is C15H22N2O3S. The fourth-order valence-electron chi connectivity index (χ4n) is 3.42. The largest absolute Gasteiger partial charge is 0.397 e. The molecule has 21 heavy (non-hydrogen) atoms. The molecule has 0 radical (unpaired) electrons. The summed E-state index contributed by atoms with van der Waals surface area (Å²) in [6.45, 7) is 1.51. The summed E-state index contributed by atoms with van der Waals surface area (Å²) >= 11 is 0. The molecule has 1 heterocycles. The van der Waals surface area contributed by atoms with Gasteiger partial charge in [-0.25, -0.2) is 8.42 Å². The van der Waals surface area contributed by atoms with Crippen LogP contribution >= 0.6 is 0 Å². The third-order valence-electron chi connectivity index (χ3n) is 4.47. The summed E-state index contributed by atoms with van der Waals surface area (Å²) in [6.07, 6.45) is 6.12. The van der Waals surface area contributed by atoms with Gasteiger partial charge in [0, 0.05) is 12.8 Å². The highest BCUT2D eigenvalue weighted by Crippen LogP contribution is 2.35. The first-order valence-electron chi connectivity index (χ1n) is 7.44. The number of sulfone groups is 1. The normalized spacial score (nSPS) is 26.4. The molecule has 1 aliphatic carbocycles. The van der Waals surface area contributed by atoms with Crippen LogP contribution in [0.4, 0.5) is 11.4 Å². The van der Waals surface area contributed by atoms with E-state index < -0.39 is 9.84 Å². The highest BCUT2D eigenvalue weighted by molar-refractivity contribution is 7.90. The van der Waals surface area contributed by atoms with E-state index in [0.29, 0.717) is 18.3 Å². The Bertz CT molecular complexity index is 628. The number of fused-ring (bicyclic) bond motifs is 1. The van der Waals surface area contributed by atoms with E-state index in [1.54, 1.807) is 12.1 Å². The summed E-state index contributed by atoms with van der Waals surface area (Å²) in [6, 6.07) is 5.41. The topological polar surface area (TPSA) is 72.6 Å². The number of ether oxygens (including phenoxy) is 1. The number of benzene rings is 1. The van der Waals surface area contributed by atoms with Gasteiger partial charge in [0.25, 0.3) is 0 Å². The molecule has 1 saturated heterocycles. The lowest BCUT2D eigenvalue weighted by Crippen LogP contribution is -2.53. The zero-order valence-corrected chi connectivity index (χ0v) is 13.1. The van der Waals surface area contributed by atoms with Gasteiger partial charge in [-0.1, -0.05) is 12.8 Å². The fourth-order valence-corrected chi connectivity index (χ4v) is 4.08. The van der Waals surface area contributed by atoms with Gasteiger partial charge in [-0.2, -0.15) is 0 Å². The van der Waals surface area contributed by atoms with Crippen LogP contribution < -0.4 is 10.6 Å². The van der Waals surface area contributed by atoms with Crippen molar-refractivity contribution in [2.45, 2.75) is 42.7 Å². The number of nitrogen functional groups attached to an aromatic ring is 1. The molecule has 3 rings (SSSR count). The van der Waals surface area contributed by atoms with E-state index in [4.69, 9.17) is 10.5 Å². The third kappa shape index (κ3) is 2.87. The summed E-state index contributed by atoms with van der Waals surface area (Å²) in [5.41, 5.74) is 7.59. The Hall–Kier alpha value is -1.27. The van der Waals surface area contributed by atoms with Crippen molar-refractivity contribution >= 4 is 21.2 Å². The van der Waals surface area contributed by atoms with E-state index in [1.165, 1.54) is 19.1 Å². The molecule has 2 N–H and O–H groups in total. The SMILES string of the molecule is CS(=O)(=O)c1ccc(N2CCOC3CCCCC32)c(N)c1. The summed E-state index contributed by atoms with van der Waals surface area (Å²) in [7, 11) is -3.22. The molecule has 2 atom stereocenters. The van der Waals surface area contributed by atoms with Crippen LogP contribution in [0.2, 0.25) is 0 Å². The second-order valence-corrected chi connectivity index (χ2v) is 7.96. The van der Waals surface area contributed by atoms with Crippen molar-refractivity contribution in [2.75, 3.05) is 30.0 Å². The van der Waals surface area contributed by atoms with E-state index in [9.17, 15) is 8.42 Å². The Kier molecular flexibility index (Phi) is 3.84. The van der Waals surface area contributed by atoms with Crippen LogP contribution in [-0.4, -0.2) is 40.0 Å². The van der Waals surface area contributed by atoms with Crippen molar-refractivity contribution < 1.29 is 13.2 Å². The van der Waals surface area contributed by atoms with Crippen LogP contribution in [0.5, 0.6) is 0 Å². The first-order valence-corrected chi connectivity index (χ1v) is 9.34. The predicted octanol–water partition coefficient (Wildman–Crippen LogP) is 1.82. The van der Waals surface area contributed by atoms with Crippen molar-refractivity contribution in [1.82, 2.24) is 0 Å². The van der Waals surface area contributed by atoms with Crippen molar-refractivity contribution in [3.05, 3.63) is 18.2 Å². The van der Waals surface area contributed by atoms with Crippen LogP contribution in [0.25, 0.3) is 0 Å².